The van der Waals surface area contributed by atoms with Crippen molar-refractivity contribution >= 4 is 18.3 Å². The smallest absolute Gasteiger partial charge is 0.322 e. The lowest BCUT2D eigenvalue weighted by molar-refractivity contribution is -0.108. The molecule has 0 radical (unpaired) electrons. The number of nitrogens with one attached hydrogen (secondary N) is 2. The normalized spacial score (nSPS) is 12.7. The third kappa shape index (κ3) is 4.98. The first-order valence-electron chi connectivity index (χ1n) is 9.13. The molecule has 4 amide bonds. The molecule has 8 nitrogen and oxygen atoms in total. The lowest BCUT2D eigenvalue weighted by atomic mass is 10.1. The van der Waals surface area contributed by atoms with Gasteiger partial charge in [-0.1, -0.05) is 17.9 Å². The summed E-state index contributed by atoms with van der Waals surface area (Å²) in [7, 11) is 1.51. The summed E-state index contributed by atoms with van der Waals surface area (Å²) in [6, 6.07) is 8.96. The number of nitrogens with zero attached hydrogens (tertiary/aromatic N) is 2. The van der Waals surface area contributed by atoms with Gasteiger partial charge in [-0.25, -0.2) is 9.18 Å². The zero-order chi connectivity index (χ0) is 22.4. The molecule has 1 atom stereocenters. The van der Waals surface area contributed by atoms with E-state index in [9.17, 15) is 18.8 Å². The average Bonchev–Trinajstić information content (AvgIpc) is 3.07. The predicted molar refractivity (Wildman–Crippen MR) is 107 cm³/mol. The van der Waals surface area contributed by atoms with Crippen molar-refractivity contribution in [1.82, 2.24) is 15.5 Å². The zero-order valence-corrected chi connectivity index (χ0v) is 16.4. The van der Waals surface area contributed by atoms with Crippen LogP contribution < -0.4 is 15.4 Å². The first kappa shape index (κ1) is 21.3. The Hall–Kier alpha value is -4.37. The molecule has 156 valence electrons. The summed E-state index contributed by atoms with van der Waals surface area (Å²) in [6.07, 6.45) is 0.219. The monoisotopic (exact) mass is 420 g/mol. The first-order valence-corrected chi connectivity index (χ1v) is 9.13. The number of urea groups is 1. The number of carbonyl (C=O) groups excluding carboxylic acids is 3. The Morgan fingerprint density at radius 1 is 1.32 bits per heavy atom. The number of halogens is 1. The molecule has 1 heterocycles. The standard InChI is InChI=1S/C22H17FN4O4/c1-31-19-7-4-15-11-27(21(29)20(15)9-19)12-18(26-22(30)25-13-28)6-3-14-2-5-17(23)8-16(14)10-24/h2,4-5,7-9,13,18H,11-12H2,1H3,(H2,25,26,28,30)/t18-/m1/s1. The number of rotatable bonds is 5. The van der Waals surface area contributed by atoms with Gasteiger partial charge in [0.15, 0.2) is 0 Å². The van der Waals surface area contributed by atoms with Gasteiger partial charge in [0.05, 0.1) is 19.2 Å². The van der Waals surface area contributed by atoms with E-state index in [1.807, 2.05) is 11.4 Å². The molecule has 1 aliphatic rings. The van der Waals surface area contributed by atoms with Gasteiger partial charge in [-0.05, 0) is 35.9 Å². The molecule has 31 heavy (non-hydrogen) atoms. The molecule has 0 saturated heterocycles. The van der Waals surface area contributed by atoms with Gasteiger partial charge in [-0.15, -0.1) is 0 Å². The van der Waals surface area contributed by atoms with Crippen LogP contribution in [0, 0.1) is 29.0 Å². The third-order valence-electron chi connectivity index (χ3n) is 4.58. The van der Waals surface area contributed by atoms with Crippen LogP contribution >= 0.6 is 0 Å². The van der Waals surface area contributed by atoms with E-state index in [2.05, 4.69) is 17.2 Å². The van der Waals surface area contributed by atoms with Crippen LogP contribution in [0.2, 0.25) is 0 Å². The van der Waals surface area contributed by atoms with Crippen molar-refractivity contribution in [2.45, 2.75) is 12.6 Å². The van der Waals surface area contributed by atoms with Crippen molar-refractivity contribution in [2.24, 2.45) is 0 Å². The lowest BCUT2D eigenvalue weighted by Crippen LogP contribution is -2.46. The molecule has 0 spiro atoms. The fourth-order valence-corrected chi connectivity index (χ4v) is 3.10. The van der Waals surface area contributed by atoms with Gasteiger partial charge in [-0.3, -0.25) is 14.9 Å². The summed E-state index contributed by atoms with van der Waals surface area (Å²) in [5.41, 5.74) is 1.61. The Labute approximate surface area is 177 Å². The van der Waals surface area contributed by atoms with Crippen LogP contribution in [0.3, 0.4) is 0 Å². The molecule has 9 heteroatoms. The molecule has 2 N–H and O–H groups in total. The van der Waals surface area contributed by atoms with Crippen molar-refractivity contribution in [2.75, 3.05) is 13.7 Å². The van der Waals surface area contributed by atoms with E-state index in [1.54, 1.807) is 18.2 Å². The SMILES string of the molecule is COc1ccc2c(c1)C(=O)N(C[C@@H](C#Cc1ccc(F)cc1C#N)NC(=O)NC=O)C2. The van der Waals surface area contributed by atoms with Gasteiger partial charge in [0.1, 0.15) is 23.7 Å². The quantitative estimate of drug-likeness (QED) is 0.563. The highest BCUT2D eigenvalue weighted by Gasteiger charge is 2.29. The minimum atomic E-state index is -0.864. The van der Waals surface area contributed by atoms with Crippen molar-refractivity contribution < 1.29 is 23.5 Å². The highest BCUT2D eigenvalue weighted by Crippen LogP contribution is 2.26. The fourth-order valence-electron chi connectivity index (χ4n) is 3.10. The molecule has 0 bridgehead atoms. The number of ether oxygens (including phenoxy) is 1. The van der Waals surface area contributed by atoms with Gasteiger partial charge in [-0.2, -0.15) is 5.26 Å². The van der Waals surface area contributed by atoms with E-state index in [4.69, 9.17) is 10.00 Å². The largest absolute Gasteiger partial charge is 0.497 e. The second-order valence-corrected chi connectivity index (χ2v) is 6.57. The van der Waals surface area contributed by atoms with Crippen LogP contribution in [0.5, 0.6) is 5.75 Å². The predicted octanol–water partition coefficient (Wildman–Crippen LogP) is 1.54. The maximum Gasteiger partial charge on any atom is 0.322 e. The average molecular weight is 420 g/mol. The van der Waals surface area contributed by atoms with E-state index in [-0.39, 0.29) is 30.0 Å². The van der Waals surface area contributed by atoms with Crippen LogP contribution in [0.15, 0.2) is 36.4 Å². The first-order chi connectivity index (χ1) is 14.9. The fraction of sp³-hybridized carbons (Fsp3) is 0.182. The van der Waals surface area contributed by atoms with Gasteiger partial charge < -0.3 is 15.0 Å². The van der Waals surface area contributed by atoms with E-state index in [1.165, 1.54) is 24.1 Å². The Kier molecular flexibility index (Phi) is 6.48. The van der Waals surface area contributed by atoms with Gasteiger partial charge in [0, 0.05) is 17.7 Å². The van der Waals surface area contributed by atoms with E-state index in [0.29, 0.717) is 17.9 Å². The number of benzene rings is 2. The molecular weight excluding hydrogens is 403 g/mol. The number of hydrogen-bond acceptors (Lipinski definition) is 5. The summed E-state index contributed by atoms with van der Waals surface area (Å²) in [6.45, 7) is 0.339. The molecule has 0 fully saturated rings. The second kappa shape index (κ2) is 9.42. The van der Waals surface area contributed by atoms with Gasteiger partial charge in [0.25, 0.3) is 5.91 Å². The summed E-state index contributed by atoms with van der Waals surface area (Å²) in [4.78, 5) is 36.7. The Bertz CT molecular complexity index is 1150. The minimum absolute atomic E-state index is 0.0260. The highest BCUT2D eigenvalue weighted by atomic mass is 19.1. The highest BCUT2D eigenvalue weighted by molar-refractivity contribution is 5.98. The van der Waals surface area contributed by atoms with Crippen LogP contribution in [0.25, 0.3) is 0 Å². The van der Waals surface area contributed by atoms with Gasteiger partial charge >= 0.3 is 6.03 Å². The molecular formula is C22H17FN4O4. The second-order valence-electron chi connectivity index (χ2n) is 6.57. The number of hydrogen-bond donors (Lipinski definition) is 2. The van der Waals surface area contributed by atoms with E-state index in [0.717, 1.165) is 11.6 Å². The van der Waals surface area contributed by atoms with E-state index < -0.39 is 17.9 Å². The maximum absolute atomic E-state index is 13.3. The number of methoxy groups -OCH3 is 1. The number of imide groups is 1. The molecule has 2 aromatic rings. The lowest BCUT2D eigenvalue weighted by Gasteiger charge is -2.21. The third-order valence-corrected chi connectivity index (χ3v) is 4.58. The summed E-state index contributed by atoms with van der Waals surface area (Å²) in [5.74, 6) is 5.25. The number of fused-ring (bicyclic) bond motifs is 1. The number of carbonyl (C=O) groups is 3. The van der Waals surface area contributed by atoms with Crippen molar-refractivity contribution in [3.8, 4) is 23.7 Å². The summed E-state index contributed by atoms with van der Waals surface area (Å²) >= 11 is 0. The molecule has 0 unspecified atom stereocenters. The summed E-state index contributed by atoms with van der Waals surface area (Å²) in [5, 5.41) is 13.6. The number of amides is 4. The molecule has 0 saturated carbocycles. The van der Waals surface area contributed by atoms with Gasteiger partial charge in [0.2, 0.25) is 6.41 Å². The molecule has 0 aromatic heterocycles. The Balaban J connectivity index is 1.84. The maximum atomic E-state index is 13.3. The topological polar surface area (TPSA) is 112 Å². The molecule has 3 rings (SSSR count). The van der Waals surface area contributed by atoms with Crippen LogP contribution in [-0.4, -0.2) is 42.9 Å². The Morgan fingerprint density at radius 3 is 2.84 bits per heavy atom. The van der Waals surface area contributed by atoms with E-state index >= 15 is 0 Å². The van der Waals surface area contributed by atoms with Crippen LogP contribution in [0.4, 0.5) is 9.18 Å². The van der Waals surface area contributed by atoms with Crippen molar-refractivity contribution in [1.29, 1.82) is 5.26 Å². The number of nitriles is 1. The zero-order valence-electron chi connectivity index (χ0n) is 16.4. The van der Waals surface area contributed by atoms with Crippen LogP contribution in [-0.2, 0) is 11.3 Å². The molecule has 2 aromatic carbocycles. The van der Waals surface area contributed by atoms with Crippen molar-refractivity contribution in [3.63, 3.8) is 0 Å². The summed E-state index contributed by atoms with van der Waals surface area (Å²) < 4.78 is 18.5. The minimum Gasteiger partial charge on any atom is -0.497 e. The van der Waals surface area contributed by atoms with Crippen molar-refractivity contribution in [3.05, 3.63) is 64.5 Å². The van der Waals surface area contributed by atoms with Crippen LogP contribution in [0.1, 0.15) is 27.0 Å². The molecule has 1 aliphatic heterocycles. The Morgan fingerprint density at radius 2 is 2.13 bits per heavy atom. The molecule has 0 aliphatic carbocycles.